The molecule has 20 heavy (non-hydrogen) atoms. The van der Waals surface area contributed by atoms with Crippen LogP contribution in [0, 0.1) is 0 Å². The molecular weight excluding hydrogens is 275 g/mol. The van der Waals surface area contributed by atoms with Crippen molar-refractivity contribution in [3.05, 3.63) is 34.1 Å². The number of hydrogen-bond donors (Lipinski definition) is 1. The third kappa shape index (κ3) is 2.19. The number of aromatic nitrogens is 1. The average Bonchev–Trinajstić information content (AvgIpc) is 2.86. The number of ether oxygens (including phenoxy) is 2. The Morgan fingerprint density at radius 1 is 1.35 bits per heavy atom. The highest BCUT2D eigenvalue weighted by Crippen LogP contribution is 2.34. The molecule has 0 bridgehead atoms. The zero-order valence-electron chi connectivity index (χ0n) is 10.2. The Kier molecular flexibility index (Phi) is 2.84. The van der Waals surface area contributed by atoms with Crippen LogP contribution >= 0.6 is 0 Å². The summed E-state index contributed by atoms with van der Waals surface area (Å²) >= 11 is 0. The second kappa shape index (κ2) is 4.43. The lowest BCUT2D eigenvalue weighted by Crippen LogP contribution is -2.20. The van der Waals surface area contributed by atoms with Crippen LogP contribution in [0.3, 0.4) is 0 Å². The Labute approximate surface area is 111 Å². The molecule has 1 aliphatic rings. The average molecular weight is 285 g/mol. The van der Waals surface area contributed by atoms with Crippen LogP contribution in [0.4, 0.5) is 13.2 Å². The molecule has 4 nitrogen and oxygen atoms in total. The van der Waals surface area contributed by atoms with Gasteiger partial charge in [-0.15, -0.1) is 0 Å². The molecule has 0 amide bonds. The van der Waals surface area contributed by atoms with Crippen LogP contribution < -0.4 is 15.0 Å². The number of H-pyrrole nitrogens is 1. The lowest BCUT2D eigenvalue weighted by molar-refractivity contribution is -0.153. The number of aromatic amines is 1. The lowest BCUT2D eigenvalue weighted by atomic mass is 10.1. The van der Waals surface area contributed by atoms with E-state index in [2.05, 4.69) is 4.98 Å². The normalized spacial score (nSPS) is 14.2. The Morgan fingerprint density at radius 3 is 2.90 bits per heavy atom. The van der Waals surface area contributed by atoms with Crippen LogP contribution in [0.2, 0.25) is 0 Å². The SMILES string of the molecule is O=c1[nH]c2c(OCC(F)(F)F)cccc2c2c1CCO2. The first kappa shape index (κ1) is 12.8. The monoisotopic (exact) mass is 285 g/mol. The van der Waals surface area contributed by atoms with Crippen molar-refractivity contribution in [2.75, 3.05) is 13.2 Å². The van der Waals surface area contributed by atoms with E-state index in [0.29, 0.717) is 29.7 Å². The zero-order chi connectivity index (χ0) is 14.3. The highest BCUT2D eigenvalue weighted by molar-refractivity contribution is 5.91. The first-order chi connectivity index (χ1) is 9.46. The number of hydrogen-bond acceptors (Lipinski definition) is 3. The van der Waals surface area contributed by atoms with Gasteiger partial charge in [0.05, 0.1) is 17.7 Å². The summed E-state index contributed by atoms with van der Waals surface area (Å²) < 4.78 is 46.8. The Bertz CT molecular complexity index is 721. The van der Waals surface area contributed by atoms with Gasteiger partial charge in [-0.05, 0) is 12.1 Å². The number of fused-ring (bicyclic) bond motifs is 3. The topological polar surface area (TPSA) is 51.3 Å². The summed E-state index contributed by atoms with van der Waals surface area (Å²) in [6, 6.07) is 4.62. The number of para-hydroxylation sites is 1. The predicted molar refractivity (Wildman–Crippen MR) is 65.3 cm³/mol. The Hall–Kier alpha value is -2.18. The maximum atomic E-state index is 12.2. The van der Waals surface area contributed by atoms with Gasteiger partial charge < -0.3 is 14.5 Å². The van der Waals surface area contributed by atoms with Crippen LogP contribution in [0.25, 0.3) is 10.9 Å². The maximum absolute atomic E-state index is 12.2. The molecule has 106 valence electrons. The van der Waals surface area contributed by atoms with E-state index in [4.69, 9.17) is 9.47 Å². The van der Waals surface area contributed by atoms with Crippen molar-refractivity contribution in [1.29, 1.82) is 0 Å². The van der Waals surface area contributed by atoms with E-state index in [9.17, 15) is 18.0 Å². The van der Waals surface area contributed by atoms with Crippen molar-refractivity contribution in [2.24, 2.45) is 0 Å². The molecule has 1 aliphatic heterocycles. The minimum Gasteiger partial charge on any atom is -0.492 e. The van der Waals surface area contributed by atoms with Crippen molar-refractivity contribution in [3.63, 3.8) is 0 Å². The molecule has 0 saturated carbocycles. The van der Waals surface area contributed by atoms with E-state index >= 15 is 0 Å². The highest BCUT2D eigenvalue weighted by Gasteiger charge is 2.29. The molecule has 0 unspecified atom stereocenters. The molecule has 0 spiro atoms. The van der Waals surface area contributed by atoms with Crippen molar-refractivity contribution >= 4 is 10.9 Å². The molecule has 1 aromatic heterocycles. The largest absolute Gasteiger partial charge is 0.492 e. The molecule has 2 heterocycles. The molecule has 0 saturated heterocycles. The third-order valence-electron chi connectivity index (χ3n) is 3.05. The summed E-state index contributed by atoms with van der Waals surface area (Å²) in [6.45, 7) is -1.02. The van der Waals surface area contributed by atoms with Gasteiger partial charge in [-0.3, -0.25) is 4.79 Å². The Balaban J connectivity index is 2.11. The summed E-state index contributed by atoms with van der Waals surface area (Å²) in [7, 11) is 0. The molecule has 0 aliphatic carbocycles. The van der Waals surface area contributed by atoms with Gasteiger partial charge in [0.2, 0.25) is 0 Å². The zero-order valence-corrected chi connectivity index (χ0v) is 10.2. The molecular formula is C13H10F3NO3. The van der Waals surface area contributed by atoms with Gasteiger partial charge in [0, 0.05) is 11.8 Å². The number of nitrogens with one attached hydrogen (secondary N) is 1. The molecule has 3 rings (SSSR count). The fourth-order valence-electron chi connectivity index (χ4n) is 2.23. The van der Waals surface area contributed by atoms with Crippen LogP contribution in [0.1, 0.15) is 5.56 Å². The molecule has 1 N–H and O–H groups in total. The maximum Gasteiger partial charge on any atom is 0.422 e. The van der Waals surface area contributed by atoms with Gasteiger partial charge in [-0.25, -0.2) is 0 Å². The number of rotatable bonds is 2. The van der Waals surface area contributed by atoms with Crippen LogP contribution in [-0.2, 0) is 6.42 Å². The van der Waals surface area contributed by atoms with Crippen LogP contribution in [0.15, 0.2) is 23.0 Å². The second-order valence-corrected chi connectivity index (χ2v) is 4.44. The van der Waals surface area contributed by atoms with Gasteiger partial charge in [-0.2, -0.15) is 13.2 Å². The number of alkyl halides is 3. The molecule has 1 aromatic carbocycles. The van der Waals surface area contributed by atoms with E-state index in [1.54, 1.807) is 12.1 Å². The molecule has 0 atom stereocenters. The summed E-state index contributed by atoms with van der Waals surface area (Å²) in [4.78, 5) is 14.4. The summed E-state index contributed by atoms with van der Waals surface area (Å²) in [5.41, 5.74) is 0.390. The predicted octanol–water partition coefficient (Wildman–Crippen LogP) is 2.40. The van der Waals surface area contributed by atoms with Crippen molar-refractivity contribution in [1.82, 2.24) is 4.98 Å². The standard InChI is InChI=1S/C13H10F3NO3/c14-13(15,16)6-20-9-3-1-2-7-10(9)17-12(18)8-4-5-19-11(7)8/h1-3H,4-6H2,(H,17,18). The van der Waals surface area contributed by atoms with Gasteiger partial charge in [0.15, 0.2) is 6.61 Å². The summed E-state index contributed by atoms with van der Waals surface area (Å²) in [5.74, 6) is 0.413. The molecule has 7 heteroatoms. The fraction of sp³-hybridized carbons (Fsp3) is 0.308. The minimum absolute atomic E-state index is 0.0183. The number of pyridine rings is 1. The second-order valence-electron chi connectivity index (χ2n) is 4.44. The van der Waals surface area contributed by atoms with Crippen molar-refractivity contribution in [2.45, 2.75) is 12.6 Å². The van der Waals surface area contributed by atoms with Gasteiger partial charge >= 0.3 is 6.18 Å². The lowest BCUT2D eigenvalue weighted by Gasteiger charge is -2.12. The summed E-state index contributed by atoms with van der Waals surface area (Å²) in [5, 5.41) is 0.553. The van der Waals surface area contributed by atoms with E-state index in [1.165, 1.54) is 6.07 Å². The fourth-order valence-corrected chi connectivity index (χ4v) is 2.23. The van der Waals surface area contributed by atoms with E-state index < -0.39 is 12.8 Å². The number of halogens is 3. The van der Waals surface area contributed by atoms with E-state index in [1.807, 2.05) is 0 Å². The first-order valence-electron chi connectivity index (χ1n) is 5.96. The summed E-state index contributed by atoms with van der Waals surface area (Å²) in [6.07, 6.45) is -3.94. The van der Waals surface area contributed by atoms with Crippen LogP contribution in [0.5, 0.6) is 11.5 Å². The molecule has 2 aromatic rings. The van der Waals surface area contributed by atoms with Gasteiger partial charge in [-0.1, -0.05) is 6.07 Å². The minimum atomic E-state index is -4.43. The van der Waals surface area contributed by atoms with E-state index in [0.717, 1.165) is 0 Å². The van der Waals surface area contributed by atoms with Crippen LogP contribution in [-0.4, -0.2) is 24.4 Å². The van der Waals surface area contributed by atoms with Gasteiger partial charge in [0.25, 0.3) is 5.56 Å². The number of benzene rings is 1. The first-order valence-corrected chi connectivity index (χ1v) is 5.96. The van der Waals surface area contributed by atoms with Crippen molar-refractivity contribution in [3.8, 4) is 11.5 Å². The third-order valence-corrected chi connectivity index (χ3v) is 3.05. The highest BCUT2D eigenvalue weighted by atomic mass is 19.4. The van der Waals surface area contributed by atoms with E-state index in [-0.39, 0.29) is 16.8 Å². The van der Waals surface area contributed by atoms with Crippen molar-refractivity contribution < 1.29 is 22.6 Å². The smallest absolute Gasteiger partial charge is 0.422 e. The van der Waals surface area contributed by atoms with Gasteiger partial charge in [0.1, 0.15) is 11.5 Å². The molecule has 0 fully saturated rings. The quantitative estimate of drug-likeness (QED) is 0.921. The molecule has 0 radical (unpaired) electrons. The Morgan fingerprint density at radius 2 is 2.15 bits per heavy atom.